The molecule has 3 saturated heterocycles. The zero-order valence-corrected chi connectivity index (χ0v) is 18.4. The van der Waals surface area contributed by atoms with Crippen LogP contribution >= 0.6 is 11.8 Å². The van der Waals surface area contributed by atoms with Crippen molar-refractivity contribution < 1.29 is 13.9 Å². The Kier molecular flexibility index (Phi) is 7.70. The van der Waals surface area contributed by atoms with Crippen LogP contribution in [0, 0.1) is 5.82 Å². The van der Waals surface area contributed by atoms with Crippen molar-refractivity contribution in [2.24, 2.45) is 0 Å². The maximum atomic E-state index is 14.8. The van der Waals surface area contributed by atoms with Crippen molar-refractivity contribution in [1.29, 1.82) is 0 Å². The molecule has 5 rings (SSSR count). The number of H-pyrrole nitrogens is 1. The second kappa shape index (κ2) is 10.5. The lowest BCUT2D eigenvalue weighted by Crippen LogP contribution is -2.53. The molecule has 0 unspecified atom stereocenters. The molecule has 9 heteroatoms. The van der Waals surface area contributed by atoms with Gasteiger partial charge >= 0.3 is 0 Å². The van der Waals surface area contributed by atoms with Crippen molar-refractivity contribution in [1.82, 2.24) is 14.9 Å². The van der Waals surface area contributed by atoms with Crippen LogP contribution in [0.5, 0.6) is 0 Å². The Labute approximate surface area is 192 Å². The molecule has 0 spiro atoms. The van der Waals surface area contributed by atoms with Crippen LogP contribution in [-0.2, 0) is 15.2 Å². The number of nitrogens with one attached hydrogen (secondary N) is 2. The molecule has 0 radical (unpaired) electrons. The van der Waals surface area contributed by atoms with E-state index in [2.05, 4.69) is 20.2 Å². The van der Waals surface area contributed by atoms with E-state index < -0.39 is 11.4 Å². The summed E-state index contributed by atoms with van der Waals surface area (Å²) >= 11 is 1.78. The van der Waals surface area contributed by atoms with Crippen molar-refractivity contribution in [3.05, 3.63) is 34.1 Å². The quantitative estimate of drug-likeness (QED) is 0.678. The summed E-state index contributed by atoms with van der Waals surface area (Å²) in [4.78, 5) is 22.3. The van der Waals surface area contributed by atoms with Crippen LogP contribution in [0.4, 0.5) is 10.1 Å². The van der Waals surface area contributed by atoms with Crippen LogP contribution < -0.4 is 10.9 Å². The standard InChI is InChI=1S/C22H29FN4O3S.CH4/c23-18-9-15(24-14-1-5-27(6-2-14)16-11-30-12-16)10-19-21(18)22(28)26-20(25-19)13-31-17-3-7-29-8-4-17;/h9-10,14,16-17,24H,1-8,11-13H2,(H,25,26,28);1H4. The number of ether oxygens (including phenoxy) is 2. The van der Waals surface area contributed by atoms with Gasteiger partial charge in [0.15, 0.2) is 0 Å². The molecule has 1 aromatic heterocycles. The van der Waals surface area contributed by atoms with Crippen LogP contribution in [0.2, 0.25) is 0 Å². The van der Waals surface area contributed by atoms with E-state index in [9.17, 15) is 9.18 Å². The summed E-state index contributed by atoms with van der Waals surface area (Å²) in [5.41, 5.74) is 0.696. The fraction of sp³-hybridized carbons (Fsp3) is 0.652. The molecule has 2 aromatic rings. The van der Waals surface area contributed by atoms with Gasteiger partial charge in [0.1, 0.15) is 17.0 Å². The number of halogens is 1. The minimum atomic E-state index is -0.526. The first-order valence-electron chi connectivity index (χ1n) is 11.2. The largest absolute Gasteiger partial charge is 0.382 e. The SMILES string of the molecule is C.O=c1[nH]c(CSC2CCOCC2)nc2cc(NC3CCN(C4COC4)CC3)cc(F)c12. The Morgan fingerprint density at radius 1 is 1.16 bits per heavy atom. The van der Waals surface area contributed by atoms with E-state index in [-0.39, 0.29) is 12.8 Å². The maximum Gasteiger partial charge on any atom is 0.261 e. The van der Waals surface area contributed by atoms with Gasteiger partial charge < -0.3 is 19.8 Å². The Morgan fingerprint density at radius 2 is 1.91 bits per heavy atom. The highest BCUT2D eigenvalue weighted by molar-refractivity contribution is 7.99. The number of fused-ring (bicyclic) bond motifs is 1. The van der Waals surface area contributed by atoms with Gasteiger partial charge in [0.2, 0.25) is 0 Å². The van der Waals surface area contributed by atoms with Gasteiger partial charge in [0, 0.05) is 43.3 Å². The maximum absolute atomic E-state index is 14.8. The topological polar surface area (TPSA) is 79.5 Å². The predicted molar refractivity (Wildman–Crippen MR) is 127 cm³/mol. The normalized spacial score (nSPS) is 21.3. The number of aromatic amines is 1. The number of hydrogen-bond donors (Lipinski definition) is 2. The van der Waals surface area contributed by atoms with Gasteiger partial charge in [-0.3, -0.25) is 9.69 Å². The van der Waals surface area contributed by atoms with Gasteiger partial charge in [-0.2, -0.15) is 11.8 Å². The van der Waals surface area contributed by atoms with E-state index in [0.29, 0.717) is 40.1 Å². The third-order valence-corrected chi connectivity index (χ3v) is 7.85. The molecule has 2 N–H and O–H groups in total. The van der Waals surface area contributed by atoms with Crippen molar-refractivity contribution in [2.75, 3.05) is 44.8 Å². The van der Waals surface area contributed by atoms with E-state index >= 15 is 0 Å². The summed E-state index contributed by atoms with van der Waals surface area (Å²) < 4.78 is 25.4. The van der Waals surface area contributed by atoms with Crippen LogP contribution in [0.3, 0.4) is 0 Å². The molecule has 0 atom stereocenters. The number of likely N-dealkylation sites (tertiary alicyclic amines) is 1. The lowest BCUT2D eigenvalue weighted by atomic mass is 10.0. The first kappa shape index (κ1) is 23.5. The molecular formula is C23H33FN4O3S. The third kappa shape index (κ3) is 5.27. The Bertz CT molecular complexity index is 970. The van der Waals surface area contributed by atoms with Crippen LogP contribution in [0.25, 0.3) is 10.9 Å². The number of thioether (sulfide) groups is 1. The third-order valence-electron chi connectivity index (χ3n) is 6.47. The molecular weight excluding hydrogens is 431 g/mol. The molecule has 0 aliphatic carbocycles. The molecule has 0 amide bonds. The molecule has 0 bridgehead atoms. The minimum Gasteiger partial charge on any atom is -0.382 e. The molecule has 0 saturated carbocycles. The summed E-state index contributed by atoms with van der Waals surface area (Å²) in [7, 11) is 0. The Balaban J connectivity index is 0.00000245. The van der Waals surface area contributed by atoms with Gasteiger partial charge in [0.25, 0.3) is 5.56 Å². The highest BCUT2D eigenvalue weighted by atomic mass is 32.2. The van der Waals surface area contributed by atoms with Gasteiger partial charge in [-0.25, -0.2) is 9.37 Å². The number of nitrogens with zero attached hydrogens (tertiary/aromatic N) is 2. The average Bonchev–Trinajstić information content (AvgIpc) is 2.73. The molecule has 4 heterocycles. The minimum absolute atomic E-state index is 0. The van der Waals surface area contributed by atoms with Crippen LogP contribution in [-0.4, -0.2) is 71.7 Å². The van der Waals surface area contributed by atoms with E-state index in [4.69, 9.17) is 9.47 Å². The average molecular weight is 465 g/mol. The first-order chi connectivity index (χ1) is 15.2. The Morgan fingerprint density at radius 3 is 2.59 bits per heavy atom. The summed E-state index contributed by atoms with van der Waals surface area (Å²) in [5, 5.41) is 4.01. The lowest BCUT2D eigenvalue weighted by molar-refractivity contribution is -0.0705. The van der Waals surface area contributed by atoms with Crippen molar-refractivity contribution in [3.8, 4) is 0 Å². The molecule has 32 heavy (non-hydrogen) atoms. The number of aromatic nitrogens is 2. The summed E-state index contributed by atoms with van der Waals surface area (Å²) in [6.07, 6.45) is 4.04. The predicted octanol–water partition coefficient (Wildman–Crippen LogP) is 3.39. The van der Waals surface area contributed by atoms with Gasteiger partial charge in [-0.15, -0.1) is 0 Å². The van der Waals surface area contributed by atoms with E-state index in [1.165, 1.54) is 6.07 Å². The van der Waals surface area contributed by atoms with Crippen LogP contribution in [0.15, 0.2) is 16.9 Å². The smallest absolute Gasteiger partial charge is 0.261 e. The number of piperidine rings is 1. The molecule has 3 aliphatic rings. The zero-order chi connectivity index (χ0) is 21.2. The number of anilines is 1. The Hall–Kier alpha value is -1.68. The summed E-state index contributed by atoms with van der Waals surface area (Å²) in [6.45, 7) is 5.28. The summed E-state index contributed by atoms with van der Waals surface area (Å²) in [6, 6.07) is 4.08. The van der Waals surface area contributed by atoms with Crippen molar-refractivity contribution >= 4 is 28.4 Å². The fourth-order valence-corrected chi connectivity index (χ4v) is 5.60. The van der Waals surface area contributed by atoms with Crippen LogP contribution in [0.1, 0.15) is 38.9 Å². The zero-order valence-electron chi connectivity index (χ0n) is 17.6. The molecule has 7 nitrogen and oxygen atoms in total. The molecule has 1 aromatic carbocycles. The van der Waals surface area contributed by atoms with Gasteiger partial charge in [0.05, 0.1) is 30.5 Å². The highest BCUT2D eigenvalue weighted by Gasteiger charge is 2.29. The van der Waals surface area contributed by atoms with Gasteiger partial charge in [-0.1, -0.05) is 7.43 Å². The fourth-order valence-electron chi connectivity index (χ4n) is 4.54. The first-order valence-corrected chi connectivity index (χ1v) is 12.2. The number of benzene rings is 1. The number of rotatable bonds is 6. The molecule has 3 aliphatic heterocycles. The van der Waals surface area contributed by atoms with Crippen molar-refractivity contribution in [2.45, 2.75) is 56.2 Å². The van der Waals surface area contributed by atoms with Gasteiger partial charge in [-0.05, 0) is 37.8 Å². The highest BCUT2D eigenvalue weighted by Crippen LogP contribution is 2.26. The second-order valence-corrected chi connectivity index (χ2v) is 9.92. The van der Waals surface area contributed by atoms with E-state index in [1.54, 1.807) is 11.8 Å². The van der Waals surface area contributed by atoms with Crippen molar-refractivity contribution in [3.63, 3.8) is 0 Å². The molecule has 176 valence electrons. The lowest BCUT2D eigenvalue weighted by Gasteiger charge is -2.41. The second-order valence-electron chi connectivity index (χ2n) is 8.63. The summed E-state index contributed by atoms with van der Waals surface area (Å²) in [5.74, 6) is 0.682. The van der Waals surface area contributed by atoms with E-state index in [0.717, 1.165) is 65.2 Å². The monoisotopic (exact) mass is 464 g/mol. The number of hydrogen-bond acceptors (Lipinski definition) is 7. The van der Waals surface area contributed by atoms with E-state index in [1.807, 2.05) is 6.07 Å². The molecule has 3 fully saturated rings.